The van der Waals surface area contributed by atoms with E-state index in [0.717, 1.165) is 4.90 Å². The molecule has 12 heteroatoms. The van der Waals surface area contributed by atoms with Gasteiger partial charge in [0.25, 0.3) is 11.8 Å². The molecule has 1 fully saturated rings. The van der Waals surface area contributed by atoms with E-state index < -0.39 is 53.7 Å². The van der Waals surface area contributed by atoms with E-state index in [1.807, 2.05) is 0 Å². The smallest absolute Gasteiger partial charge is 0.352 e. The number of thioether (sulfide) groups is 1. The Hall–Kier alpha value is -3.38. The number of carbonyl (C=O) groups excluding carboxylic acids is 3. The Morgan fingerprint density at radius 3 is 2.45 bits per heavy atom. The molecule has 3 amide bonds. The zero-order chi connectivity index (χ0) is 24.1. The Kier molecular flexibility index (Phi) is 7.71. The molecule has 2 heterocycles. The number of hydrogen-bond acceptors (Lipinski definition) is 7. The molecule has 5 N–H and O–H groups in total. The van der Waals surface area contributed by atoms with Gasteiger partial charge in [0.15, 0.2) is 0 Å². The van der Waals surface area contributed by atoms with E-state index in [1.54, 1.807) is 30.3 Å². The van der Waals surface area contributed by atoms with E-state index in [1.165, 1.54) is 11.8 Å². The number of fused-ring (bicyclic) bond motifs is 1. The van der Waals surface area contributed by atoms with E-state index in [2.05, 4.69) is 10.6 Å². The average Bonchev–Trinajstić information content (AvgIpc) is 2.80. The first-order chi connectivity index (χ1) is 15.7. The van der Waals surface area contributed by atoms with Crippen molar-refractivity contribution < 1.29 is 39.3 Å². The number of hydrogen-bond donors (Lipinski definition) is 5. The van der Waals surface area contributed by atoms with Crippen molar-refractivity contribution in [2.75, 3.05) is 12.4 Å². The highest BCUT2D eigenvalue weighted by atomic mass is 32.2. The second-order valence-corrected chi connectivity index (χ2v) is 8.60. The monoisotopic (exact) mass is 477 g/mol. The number of amides is 3. The van der Waals surface area contributed by atoms with Crippen molar-refractivity contribution in [3.05, 3.63) is 47.2 Å². The van der Waals surface area contributed by atoms with Crippen molar-refractivity contribution in [1.82, 2.24) is 15.5 Å². The van der Waals surface area contributed by atoms with Crippen LogP contribution in [-0.2, 0) is 19.2 Å². The Labute approximate surface area is 192 Å². The average molecular weight is 477 g/mol. The van der Waals surface area contributed by atoms with E-state index in [-0.39, 0.29) is 36.3 Å². The van der Waals surface area contributed by atoms with Crippen molar-refractivity contribution in [2.24, 2.45) is 0 Å². The highest BCUT2D eigenvalue weighted by Crippen LogP contribution is 2.40. The molecule has 1 aromatic carbocycles. The number of nitrogens with zero attached hydrogens (tertiary/aromatic N) is 1. The van der Waals surface area contributed by atoms with Gasteiger partial charge in [-0.25, -0.2) is 9.59 Å². The van der Waals surface area contributed by atoms with Gasteiger partial charge in [-0.2, -0.15) is 0 Å². The number of carboxylic acid groups (broad SMARTS) is 2. The van der Waals surface area contributed by atoms with Crippen molar-refractivity contribution in [2.45, 2.75) is 36.7 Å². The normalized spacial score (nSPS) is 20.4. The first-order valence-electron chi connectivity index (χ1n) is 10.1. The summed E-state index contributed by atoms with van der Waals surface area (Å²) in [6.45, 7) is -0.478. The molecule has 2 aliphatic rings. The number of carbonyl (C=O) groups is 5. The van der Waals surface area contributed by atoms with Gasteiger partial charge < -0.3 is 26.0 Å². The van der Waals surface area contributed by atoms with E-state index >= 15 is 0 Å². The number of benzene rings is 1. The Morgan fingerprint density at radius 2 is 1.85 bits per heavy atom. The maximum atomic E-state index is 12.4. The van der Waals surface area contributed by atoms with Gasteiger partial charge in [0, 0.05) is 17.7 Å². The van der Waals surface area contributed by atoms with Gasteiger partial charge in [0.2, 0.25) is 5.91 Å². The minimum Gasteiger partial charge on any atom is -0.480 e. The first kappa shape index (κ1) is 24.3. The molecule has 3 atom stereocenters. The number of nitrogens with one attached hydrogen (secondary N) is 2. The number of carboxylic acids is 2. The minimum atomic E-state index is -1.32. The van der Waals surface area contributed by atoms with Gasteiger partial charge in [-0.15, -0.1) is 11.8 Å². The SMILES string of the molecule is O=C(CCCC(NC(=O)c1ccccc1)C(=O)O)N[C@H]1C(=O)N2C(C(=O)O)=C(CO)CS[C@@H]12. The van der Waals surface area contributed by atoms with Crippen molar-refractivity contribution in [3.8, 4) is 0 Å². The van der Waals surface area contributed by atoms with Gasteiger partial charge >= 0.3 is 11.9 Å². The number of aliphatic carboxylic acids is 2. The fraction of sp³-hybridized carbons (Fsp3) is 0.381. The summed E-state index contributed by atoms with van der Waals surface area (Å²) in [5.41, 5.74) is 0.299. The summed E-state index contributed by atoms with van der Waals surface area (Å²) in [6.07, 6.45) is 0.0842. The van der Waals surface area contributed by atoms with Gasteiger partial charge in [-0.1, -0.05) is 18.2 Å². The Morgan fingerprint density at radius 1 is 1.15 bits per heavy atom. The summed E-state index contributed by atoms with van der Waals surface area (Å²) in [5, 5.41) is 32.5. The van der Waals surface area contributed by atoms with Crippen LogP contribution in [0.5, 0.6) is 0 Å². The lowest BCUT2D eigenvalue weighted by Crippen LogP contribution is -2.70. The van der Waals surface area contributed by atoms with Crippen LogP contribution in [0.3, 0.4) is 0 Å². The summed E-state index contributed by atoms with van der Waals surface area (Å²) >= 11 is 1.24. The molecule has 1 unspecified atom stereocenters. The fourth-order valence-corrected chi connectivity index (χ4v) is 4.94. The zero-order valence-electron chi connectivity index (χ0n) is 17.4. The van der Waals surface area contributed by atoms with Gasteiger partial charge in [-0.3, -0.25) is 19.3 Å². The largest absolute Gasteiger partial charge is 0.480 e. The predicted molar refractivity (Wildman–Crippen MR) is 116 cm³/mol. The van der Waals surface area contributed by atoms with Crippen LogP contribution in [0.25, 0.3) is 0 Å². The highest BCUT2D eigenvalue weighted by molar-refractivity contribution is 8.00. The van der Waals surface area contributed by atoms with Crippen LogP contribution in [0.2, 0.25) is 0 Å². The second kappa shape index (κ2) is 10.5. The molecule has 1 aromatic rings. The van der Waals surface area contributed by atoms with Crippen molar-refractivity contribution >= 4 is 41.4 Å². The van der Waals surface area contributed by atoms with E-state index in [9.17, 15) is 39.3 Å². The molecule has 0 aliphatic carbocycles. The standard InChI is InChI=1S/C21H23N3O8S/c25-9-12-10-33-19-15(18(28)24(19)16(12)21(31)32)23-14(26)8-4-7-13(20(29)30)22-17(27)11-5-2-1-3-6-11/h1-3,5-6,13,15,19,25H,4,7-10H2,(H,22,27)(H,23,26)(H,29,30)(H,31,32)/t13?,15-,19-/m0/s1. The maximum Gasteiger partial charge on any atom is 0.352 e. The van der Waals surface area contributed by atoms with Gasteiger partial charge in [0.1, 0.15) is 23.2 Å². The third-order valence-electron chi connectivity index (χ3n) is 5.29. The fourth-order valence-electron chi connectivity index (χ4n) is 3.61. The third-order valence-corrected chi connectivity index (χ3v) is 6.63. The van der Waals surface area contributed by atoms with Crippen LogP contribution in [0, 0.1) is 0 Å². The third kappa shape index (κ3) is 5.34. The molecule has 2 aliphatic heterocycles. The van der Waals surface area contributed by atoms with E-state index in [0.29, 0.717) is 5.56 Å². The van der Waals surface area contributed by atoms with Gasteiger partial charge in [0.05, 0.1) is 6.61 Å². The topological polar surface area (TPSA) is 173 Å². The molecule has 0 bridgehead atoms. The molecule has 11 nitrogen and oxygen atoms in total. The van der Waals surface area contributed by atoms with Crippen LogP contribution in [0.1, 0.15) is 29.6 Å². The number of aliphatic hydroxyl groups excluding tert-OH is 1. The van der Waals surface area contributed by atoms with Crippen LogP contribution >= 0.6 is 11.8 Å². The number of rotatable bonds is 10. The highest BCUT2D eigenvalue weighted by Gasteiger charge is 2.54. The van der Waals surface area contributed by atoms with Crippen LogP contribution in [0.4, 0.5) is 0 Å². The van der Waals surface area contributed by atoms with Crippen LogP contribution in [-0.4, -0.2) is 79.7 Å². The number of aliphatic hydroxyl groups is 1. The zero-order valence-corrected chi connectivity index (χ0v) is 18.2. The first-order valence-corrected chi connectivity index (χ1v) is 11.2. The summed E-state index contributed by atoms with van der Waals surface area (Å²) in [7, 11) is 0. The van der Waals surface area contributed by atoms with Crippen molar-refractivity contribution in [3.63, 3.8) is 0 Å². The molecule has 0 saturated carbocycles. The van der Waals surface area contributed by atoms with Crippen molar-refractivity contribution in [1.29, 1.82) is 0 Å². The summed E-state index contributed by atoms with van der Waals surface area (Å²) in [4.78, 5) is 60.9. The lowest BCUT2D eigenvalue weighted by Gasteiger charge is -2.49. The lowest BCUT2D eigenvalue weighted by atomic mass is 10.0. The summed E-state index contributed by atoms with van der Waals surface area (Å²) in [5.74, 6) is -3.93. The molecule has 0 spiro atoms. The molecular formula is C21H23N3O8S. The lowest BCUT2D eigenvalue weighted by molar-refractivity contribution is -0.150. The second-order valence-electron chi connectivity index (χ2n) is 7.49. The predicted octanol–water partition coefficient (Wildman–Crippen LogP) is -0.229. The molecule has 0 aromatic heterocycles. The van der Waals surface area contributed by atoms with Crippen LogP contribution in [0.15, 0.2) is 41.6 Å². The molecule has 176 valence electrons. The Balaban J connectivity index is 1.50. The van der Waals surface area contributed by atoms with Crippen LogP contribution < -0.4 is 10.6 Å². The molecule has 3 rings (SSSR count). The Bertz CT molecular complexity index is 996. The summed E-state index contributed by atoms with van der Waals surface area (Å²) in [6, 6.07) is 6.07. The summed E-state index contributed by atoms with van der Waals surface area (Å²) < 4.78 is 0. The van der Waals surface area contributed by atoms with E-state index in [4.69, 9.17) is 0 Å². The molecule has 1 saturated heterocycles. The number of β-lactam (4-membered cyclic amide) rings is 1. The minimum absolute atomic E-state index is 0.00992. The molecule has 33 heavy (non-hydrogen) atoms. The molecule has 0 radical (unpaired) electrons. The van der Waals surface area contributed by atoms with Gasteiger partial charge in [-0.05, 0) is 30.5 Å². The quantitative estimate of drug-likeness (QED) is 0.285. The molecular weight excluding hydrogens is 454 g/mol. The maximum absolute atomic E-state index is 12.4.